The second-order valence-electron chi connectivity index (χ2n) is 3.44. The lowest BCUT2D eigenvalue weighted by Crippen LogP contribution is -2.12. The normalized spacial score (nSPS) is 13.4. The smallest absolute Gasteiger partial charge is 0.147 e. The van der Waals surface area contributed by atoms with Crippen LogP contribution in [0.15, 0.2) is 24.3 Å². The number of H-pyrrole nitrogens is 1. The van der Waals surface area contributed by atoms with Crippen molar-refractivity contribution in [2.75, 3.05) is 7.05 Å². The van der Waals surface area contributed by atoms with Crippen LogP contribution in [-0.4, -0.2) is 12.0 Å². The van der Waals surface area contributed by atoms with Gasteiger partial charge >= 0.3 is 0 Å². The van der Waals surface area contributed by atoms with Crippen LogP contribution in [0.25, 0.3) is 10.9 Å². The van der Waals surface area contributed by atoms with Crippen molar-refractivity contribution in [3.8, 4) is 0 Å². The van der Waals surface area contributed by atoms with Crippen LogP contribution >= 0.6 is 0 Å². The van der Waals surface area contributed by atoms with Crippen LogP contribution in [0.4, 0.5) is 4.39 Å². The maximum atomic E-state index is 13.3. The first-order valence-electron chi connectivity index (χ1n) is 4.67. The largest absolute Gasteiger partial charge is 0.355 e. The molecule has 0 radical (unpaired) electrons. The summed E-state index contributed by atoms with van der Waals surface area (Å²) < 4.78 is 13.3. The quantitative estimate of drug-likeness (QED) is 0.752. The highest BCUT2D eigenvalue weighted by Gasteiger charge is 2.08. The number of fused-ring (bicyclic) bond motifs is 1. The van der Waals surface area contributed by atoms with Gasteiger partial charge in [0.05, 0.1) is 5.52 Å². The van der Waals surface area contributed by atoms with E-state index in [4.69, 9.17) is 0 Å². The van der Waals surface area contributed by atoms with E-state index >= 15 is 0 Å². The molecule has 1 atom stereocenters. The number of hydrogen-bond acceptors (Lipinski definition) is 1. The SMILES string of the molecule is CNC(C)c1cc2cccc(F)c2[nH]1. The predicted molar refractivity (Wildman–Crippen MR) is 55.7 cm³/mol. The van der Waals surface area contributed by atoms with E-state index in [2.05, 4.69) is 10.3 Å². The minimum Gasteiger partial charge on any atom is -0.355 e. The van der Waals surface area contributed by atoms with Crippen LogP contribution in [0.2, 0.25) is 0 Å². The van der Waals surface area contributed by atoms with Crippen molar-refractivity contribution < 1.29 is 4.39 Å². The molecule has 14 heavy (non-hydrogen) atoms. The third-order valence-corrected chi connectivity index (χ3v) is 2.53. The highest BCUT2D eigenvalue weighted by molar-refractivity contribution is 5.81. The zero-order valence-electron chi connectivity index (χ0n) is 8.26. The highest BCUT2D eigenvalue weighted by Crippen LogP contribution is 2.21. The highest BCUT2D eigenvalue weighted by atomic mass is 19.1. The van der Waals surface area contributed by atoms with Gasteiger partial charge in [0.25, 0.3) is 0 Å². The van der Waals surface area contributed by atoms with Crippen molar-refractivity contribution in [1.82, 2.24) is 10.3 Å². The minimum absolute atomic E-state index is 0.197. The Kier molecular flexibility index (Phi) is 2.25. The molecule has 0 saturated carbocycles. The van der Waals surface area contributed by atoms with Crippen molar-refractivity contribution in [3.05, 3.63) is 35.8 Å². The first kappa shape index (κ1) is 9.21. The molecular weight excluding hydrogens is 179 g/mol. The lowest BCUT2D eigenvalue weighted by Gasteiger charge is -2.06. The second-order valence-corrected chi connectivity index (χ2v) is 3.44. The fraction of sp³-hybridized carbons (Fsp3) is 0.273. The average Bonchev–Trinajstić information content (AvgIpc) is 2.62. The second kappa shape index (κ2) is 3.42. The molecule has 0 aliphatic heterocycles. The Morgan fingerprint density at radius 2 is 2.21 bits per heavy atom. The topological polar surface area (TPSA) is 27.8 Å². The molecule has 0 aliphatic carbocycles. The molecule has 2 rings (SSSR count). The fourth-order valence-corrected chi connectivity index (χ4v) is 1.53. The summed E-state index contributed by atoms with van der Waals surface area (Å²) in [6, 6.07) is 7.27. The van der Waals surface area contributed by atoms with Gasteiger partial charge in [-0.2, -0.15) is 0 Å². The molecule has 0 amide bonds. The van der Waals surface area contributed by atoms with Gasteiger partial charge in [0.1, 0.15) is 5.82 Å². The molecule has 1 heterocycles. The van der Waals surface area contributed by atoms with E-state index in [1.165, 1.54) is 6.07 Å². The molecule has 2 nitrogen and oxygen atoms in total. The maximum absolute atomic E-state index is 13.3. The zero-order valence-corrected chi connectivity index (χ0v) is 8.26. The van der Waals surface area contributed by atoms with E-state index in [0.717, 1.165) is 11.1 Å². The number of rotatable bonds is 2. The molecule has 0 aliphatic rings. The van der Waals surface area contributed by atoms with E-state index in [1.807, 2.05) is 26.1 Å². The summed E-state index contributed by atoms with van der Waals surface area (Å²) in [5.41, 5.74) is 1.59. The van der Waals surface area contributed by atoms with E-state index in [9.17, 15) is 4.39 Å². The van der Waals surface area contributed by atoms with Gasteiger partial charge < -0.3 is 10.3 Å². The van der Waals surface area contributed by atoms with Crippen LogP contribution in [-0.2, 0) is 0 Å². The summed E-state index contributed by atoms with van der Waals surface area (Å²) in [7, 11) is 1.88. The van der Waals surface area contributed by atoms with Crippen LogP contribution in [0.3, 0.4) is 0 Å². The zero-order chi connectivity index (χ0) is 10.1. The number of hydrogen-bond donors (Lipinski definition) is 2. The number of aromatic nitrogens is 1. The van der Waals surface area contributed by atoms with Gasteiger partial charge in [-0.25, -0.2) is 4.39 Å². The van der Waals surface area contributed by atoms with Crippen molar-refractivity contribution in [1.29, 1.82) is 0 Å². The molecule has 0 spiro atoms. The van der Waals surface area contributed by atoms with Crippen molar-refractivity contribution in [2.24, 2.45) is 0 Å². The standard InChI is InChI=1S/C11H13FN2/c1-7(13-2)10-6-8-4-3-5-9(12)11(8)14-10/h3-7,13-14H,1-2H3. The molecular formula is C11H13FN2. The maximum Gasteiger partial charge on any atom is 0.147 e. The third-order valence-electron chi connectivity index (χ3n) is 2.53. The minimum atomic E-state index is -0.197. The van der Waals surface area contributed by atoms with E-state index in [0.29, 0.717) is 5.52 Å². The van der Waals surface area contributed by atoms with Gasteiger partial charge in [-0.1, -0.05) is 12.1 Å². The monoisotopic (exact) mass is 192 g/mol. The number of halogens is 1. The van der Waals surface area contributed by atoms with E-state index in [-0.39, 0.29) is 11.9 Å². The molecule has 1 aromatic heterocycles. The van der Waals surface area contributed by atoms with Gasteiger partial charge in [0, 0.05) is 17.1 Å². The Bertz CT molecular complexity index is 447. The molecule has 2 aromatic rings. The lowest BCUT2D eigenvalue weighted by molar-refractivity contribution is 0.627. The summed E-state index contributed by atoms with van der Waals surface area (Å²) >= 11 is 0. The number of para-hydroxylation sites is 1. The molecule has 0 fully saturated rings. The molecule has 0 bridgehead atoms. The Morgan fingerprint density at radius 1 is 1.43 bits per heavy atom. The molecule has 1 aromatic carbocycles. The van der Waals surface area contributed by atoms with Gasteiger partial charge in [-0.15, -0.1) is 0 Å². The van der Waals surface area contributed by atoms with Crippen molar-refractivity contribution in [2.45, 2.75) is 13.0 Å². The van der Waals surface area contributed by atoms with Gasteiger partial charge in [-0.3, -0.25) is 0 Å². The number of nitrogens with one attached hydrogen (secondary N) is 2. The Hall–Kier alpha value is -1.35. The van der Waals surface area contributed by atoms with Crippen molar-refractivity contribution in [3.63, 3.8) is 0 Å². The third kappa shape index (κ3) is 1.40. The summed E-state index contributed by atoms with van der Waals surface area (Å²) in [4.78, 5) is 3.08. The van der Waals surface area contributed by atoms with Gasteiger partial charge in [0.2, 0.25) is 0 Å². The molecule has 1 unspecified atom stereocenters. The fourth-order valence-electron chi connectivity index (χ4n) is 1.53. The summed E-state index contributed by atoms with van der Waals surface area (Å²) in [5.74, 6) is -0.197. The molecule has 3 heteroatoms. The average molecular weight is 192 g/mol. The first-order valence-corrected chi connectivity index (χ1v) is 4.67. The summed E-state index contributed by atoms with van der Waals surface area (Å²) in [6.07, 6.45) is 0. The van der Waals surface area contributed by atoms with Crippen LogP contribution < -0.4 is 5.32 Å². The predicted octanol–water partition coefficient (Wildman–Crippen LogP) is 2.59. The summed E-state index contributed by atoms with van der Waals surface area (Å²) in [5, 5.41) is 4.03. The van der Waals surface area contributed by atoms with Crippen LogP contribution in [0.1, 0.15) is 18.7 Å². The molecule has 74 valence electrons. The summed E-state index contributed by atoms with van der Waals surface area (Å²) in [6.45, 7) is 2.03. The lowest BCUT2D eigenvalue weighted by atomic mass is 10.2. The van der Waals surface area contributed by atoms with Crippen molar-refractivity contribution >= 4 is 10.9 Å². The number of benzene rings is 1. The van der Waals surface area contributed by atoms with Gasteiger partial charge in [-0.05, 0) is 26.1 Å². The van der Waals surface area contributed by atoms with Crippen LogP contribution in [0.5, 0.6) is 0 Å². The van der Waals surface area contributed by atoms with Crippen LogP contribution in [0, 0.1) is 5.82 Å². The molecule has 2 N–H and O–H groups in total. The molecule has 0 saturated heterocycles. The number of aromatic amines is 1. The Morgan fingerprint density at radius 3 is 2.86 bits per heavy atom. The van der Waals surface area contributed by atoms with E-state index < -0.39 is 0 Å². The Balaban J connectivity index is 2.56. The van der Waals surface area contributed by atoms with E-state index in [1.54, 1.807) is 6.07 Å². The first-order chi connectivity index (χ1) is 6.72. The Labute approximate surface area is 82.1 Å². The van der Waals surface area contributed by atoms with Gasteiger partial charge in [0.15, 0.2) is 0 Å².